The molecule has 0 aliphatic rings. The summed E-state index contributed by atoms with van der Waals surface area (Å²) in [5.41, 5.74) is 0.679. The highest BCUT2D eigenvalue weighted by Gasteiger charge is 2.22. The van der Waals surface area contributed by atoms with Crippen LogP contribution >= 0.6 is 11.3 Å². The van der Waals surface area contributed by atoms with E-state index < -0.39 is 5.97 Å². The SMILES string of the molecule is CCN(CC)C(=O)COC(=O)c1ccccc1N(C)C(=O)c1cccs1. The molecule has 0 saturated carbocycles. The van der Waals surface area contributed by atoms with Crippen LogP contribution in [0.4, 0.5) is 5.69 Å². The number of carbonyl (C=O) groups is 3. The van der Waals surface area contributed by atoms with Crippen LogP contribution in [-0.2, 0) is 9.53 Å². The van der Waals surface area contributed by atoms with Gasteiger partial charge in [-0.3, -0.25) is 9.59 Å². The number of nitrogens with zero attached hydrogens (tertiary/aromatic N) is 2. The Morgan fingerprint density at radius 2 is 1.73 bits per heavy atom. The monoisotopic (exact) mass is 374 g/mol. The quantitative estimate of drug-likeness (QED) is 0.699. The molecular formula is C19H22N2O4S. The number of esters is 1. The summed E-state index contributed by atoms with van der Waals surface area (Å²) in [6, 6.07) is 10.2. The molecular weight excluding hydrogens is 352 g/mol. The number of benzene rings is 1. The number of hydrogen-bond acceptors (Lipinski definition) is 5. The van der Waals surface area contributed by atoms with E-state index in [2.05, 4.69) is 0 Å². The first-order chi connectivity index (χ1) is 12.5. The van der Waals surface area contributed by atoms with Crippen molar-refractivity contribution in [1.29, 1.82) is 0 Å². The minimum Gasteiger partial charge on any atom is -0.452 e. The molecule has 0 saturated heterocycles. The van der Waals surface area contributed by atoms with E-state index in [0.717, 1.165) is 0 Å². The van der Waals surface area contributed by atoms with Crippen molar-refractivity contribution in [2.75, 3.05) is 31.6 Å². The lowest BCUT2D eigenvalue weighted by Crippen LogP contribution is -2.34. The first kappa shape index (κ1) is 19.7. The molecule has 0 spiro atoms. The van der Waals surface area contributed by atoms with Crippen molar-refractivity contribution in [3.05, 3.63) is 52.2 Å². The van der Waals surface area contributed by atoms with Gasteiger partial charge in [-0.15, -0.1) is 11.3 Å². The third-order valence-corrected chi connectivity index (χ3v) is 4.82. The molecule has 1 aromatic carbocycles. The molecule has 0 unspecified atom stereocenters. The van der Waals surface area contributed by atoms with E-state index in [1.807, 2.05) is 19.2 Å². The van der Waals surface area contributed by atoms with Crippen molar-refractivity contribution in [2.24, 2.45) is 0 Å². The number of likely N-dealkylation sites (N-methyl/N-ethyl adjacent to an activating group) is 1. The molecule has 1 aromatic heterocycles. The van der Waals surface area contributed by atoms with E-state index in [1.165, 1.54) is 16.2 Å². The van der Waals surface area contributed by atoms with Gasteiger partial charge in [0.05, 0.1) is 16.1 Å². The zero-order chi connectivity index (χ0) is 19.1. The lowest BCUT2D eigenvalue weighted by atomic mass is 10.1. The smallest absolute Gasteiger partial charge is 0.340 e. The molecule has 0 bridgehead atoms. The Morgan fingerprint density at radius 3 is 2.35 bits per heavy atom. The van der Waals surface area contributed by atoms with Gasteiger partial charge in [-0.05, 0) is 37.4 Å². The van der Waals surface area contributed by atoms with Crippen LogP contribution in [0, 0.1) is 0 Å². The Morgan fingerprint density at radius 1 is 1.04 bits per heavy atom. The first-order valence-corrected chi connectivity index (χ1v) is 9.23. The van der Waals surface area contributed by atoms with Crippen LogP contribution in [0.3, 0.4) is 0 Å². The number of rotatable bonds is 7. The van der Waals surface area contributed by atoms with Crippen molar-refractivity contribution in [1.82, 2.24) is 4.90 Å². The summed E-state index contributed by atoms with van der Waals surface area (Å²) in [7, 11) is 1.61. The Kier molecular flexibility index (Phi) is 6.91. The number of anilines is 1. The largest absolute Gasteiger partial charge is 0.452 e. The second-order valence-corrected chi connectivity index (χ2v) is 6.45. The van der Waals surface area contributed by atoms with Gasteiger partial charge < -0.3 is 14.5 Å². The number of carbonyl (C=O) groups excluding carboxylic acids is 3. The molecule has 0 N–H and O–H groups in total. The summed E-state index contributed by atoms with van der Waals surface area (Å²) in [5.74, 6) is -1.09. The minimum atomic E-state index is -0.632. The Hall–Kier alpha value is -2.67. The second-order valence-electron chi connectivity index (χ2n) is 5.50. The molecule has 0 atom stereocenters. The van der Waals surface area contributed by atoms with E-state index in [-0.39, 0.29) is 24.0 Å². The van der Waals surface area contributed by atoms with Crippen LogP contribution in [0.25, 0.3) is 0 Å². The zero-order valence-corrected chi connectivity index (χ0v) is 15.9. The molecule has 26 heavy (non-hydrogen) atoms. The van der Waals surface area contributed by atoms with Crippen molar-refractivity contribution in [3.63, 3.8) is 0 Å². The van der Waals surface area contributed by atoms with E-state index >= 15 is 0 Å². The average molecular weight is 374 g/mol. The Labute approximate surface area is 157 Å². The van der Waals surface area contributed by atoms with Crippen LogP contribution in [0.5, 0.6) is 0 Å². The van der Waals surface area contributed by atoms with Crippen LogP contribution in [0.2, 0.25) is 0 Å². The summed E-state index contributed by atoms with van der Waals surface area (Å²) >= 11 is 1.33. The molecule has 2 amide bonds. The normalized spacial score (nSPS) is 10.3. The highest BCUT2D eigenvalue weighted by molar-refractivity contribution is 7.12. The molecule has 0 fully saturated rings. The van der Waals surface area contributed by atoms with Crippen LogP contribution < -0.4 is 4.90 Å². The average Bonchev–Trinajstić information content (AvgIpc) is 3.20. The van der Waals surface area contributed by atoms with E-state index in [4.69, 9.17) is 4.74 Å². The number of thiophene rings is 1. The molecule has 0 aliphatic heterocycles. The second kappa shape index (κ2) is 9.15. The fraction of sp³-hybridized carbons (Fsp3) is 0.316. The summed E-state index contributed by atoms with van der Waals surface area (Å²) in [6.07, 6.45) is 0. The predicted molar refractivity (Wildman–Crippen MR) is 102 cm³/mol. The lowest BCUT2D eigenvalue weighted by molar-refractivity contribution is -0.134. The van der Waals surface area contributed by atoms with Crippen LogP contribution in [-0.4, -0.2) is 49.4 Å². The standard InChI is InChI=1S/C19H22N2O4S/c1-4-21(5-2)17(22)13-25-19(24)14-9-6-7-10-15(14)20(3)18(23)16-11-8-12-26-16/h6-12H,4-5,13H2,1-3H3. The topological polar surface area (TPSA) is 66.9 Å². The maximum absolute atomic E-state index is 12.5. The van der Waals surface area contributed by atoms with Gasteiger partial charge >= 0.3 is 5.97 Å². The Bertz CT molecular complexity index is 770. The molecule has 2 aromatic rings. The Balaban J connectivity index is 2.14. The molecule has 0 radical (unpaired) electrons. The number of ether oxygens (including phenoxy) is 1. The van der Waals surface area contributed by atoms with Crippen molar-refractivity contribution < 1.29 is 19.1 Å². The highest BCUT2D eigenvalue weighted by atomic mass is 32.1. The van der Waals surface area contributed by atoms with E-state index in [0.29, 0.717) is 23.7 Å². The van der Waals surface area contributed by atoms with Gasteiger partial charge in [0.15, 0.2) is 6.61 Å². The summed E-state index contributed by atoms with van der Waals surface area (Å²) < 4.78 is 5.17. The van der Waals surface area contributed by atoms with Gasteiger partial charge in [-0.2, -0.15) is 0 Å². The minimum absolute atomic E-state index is 0.209. The third kappa shape index (κ3) is 4.49. The van der Waals surface area contributed by atoms with Crippen molar-refractivity contribution >= 4 is 34.8 Å². The number of amides is 2. The molecule has 0 aliphatic carbocycles. The fourth-order valence-corrected chi connectivity index (χ4v) is 3.18. The summed E-state index contributed by atoms with van der Waals surface area (Å²) in [4.78, 5) is 40.6. The van der Waals surface area contributed by atoms with Gasteiger partial charge in [0.25, 0.3) is 11.8 Å². The molecule has 138 valence electrons. The number of para-hydroxylation sites is 1. The zero-order valence-electron chi connectivity index (χ0n) is 15.1. The van der Waals surface area contributed by atoms with Gasteiger partial charge in [0.1, 0.15) is 0 Å². The number of hydrogen-bond donors (Lipinski definition) is 0. The highest BCUT2D eigenvalue weighted by Crippen LogP contribution is 2.23. The van der Waals surface area contributed by atoms with Crippen LogP contribution in [0.15, 0.2) is 41.8 Å². The van der Waals surface area contributed by atoms with E-state index in [1.54, 1.807) is 48.3 Å². The fourth-order valence-electron chi connectivity index (χ4n) is 2.49. The molecule has 7 heteroatoms. The maximum atomic E-state index is 12.5. The molecule has 6 nitrogen and oxygen atoms in total. The predicted octanol–water partition coefficient (Wildman–Crippen LogP) is 3.05. The van der Waals surface area contributed by atoms with Gasteiger partial charge in [-0.25, -0.2) is 4.79 Å². The van der Waals surface area contributed by atoms with Crippen LogP contribution in [0.1, 0.15) is 33.9 Å². The summed E-state index contributed by atoms with van der Waals surface area (Å²) in [5, 5.41) is 1.82. The molecule has 1 heterocycles. The van der Waals surface area contributed by atoms with Gasteiger partial charge in [0, 0.05) is 20.1 Å². The van der Waals surface area contributed by atoms with Crippen molar-refractivity contribution in [3.8, 4) is 0 Å². The van der Waals surface area contributed by atoms with E-state index in [9.17, 15) is 14.4 Å². The third-order valence-electron chi connectivity index (χ3n) is 3.96. The van der Waals surface area contributed by atoms with Crippen molar-refractivity contribution in [2.45, 2.75) is 13.8 Å². The van der Waals surface area contributed by atoms with Gasteiger partial charge in [-0.1, -0.05) is 18.2 Å². The first-order valence-electron chi connectivity index (χ1n) is 8.35. The lowest BCUT2D eigenvalue weighted by Gasteiger charge is -2.20. The maximum Gasteiger partial charge on any atom is 0.340 e. The molecule has 2 rings (SSSR count). The van der Waals surface area contributed by atoms with Gasteiger partial charge in [0.2, 0.25) is 0 Å². The summed E-state index contributed by atoms with van der Waals surface area (Å²) in [6.45, 7) is 4.52.